The zero-order valence-corrected chi connectivity index (χ0v) is 17.2. The van der Waals surface area contributed by atoms with E-state index in [4.69, 9.17) is 0 Å². The molecule has 1 aliphatic rings. The number of fused-ring (bicyclic) bond motifs is 2. The minimum atomic E-state index is 0.604. The number of benzene rings is 2. The molecule has 2 aromatic carbocycles. The van der Waals surface area contributed by atoms with Gasteiger partial charge in [-0.3, -0.25) is 0 Å². The van der Waals surface area contributed by atoms with Gasteiger partial charge in [0.15, 0.2) is 0 Å². The highest BCUT2D eigenvalue weighted by Crippen LogP contribution is 2.29. The quantitative estimate of drug-likeness (QED) is 0.370. The summed E-state index contributed by atoms with van der Waals surface area (Å²) < 4.78 is 0. The number of nitrogens with one attached hydrogen (secondary N) is 2. The fourth-order valence-electron chi connectivity index (χ4n) is 4.92. The number of aromatic amines is 2. The number of hydrogen-bond donors (Lipinski definition) is 2. The molecule has 0 amide bonds. The average molecular weight is 386 g/mol. The molecule has 2 N–H and O–H groups in total. The number of likely N-dealkylation sites (tertiary alicyclic amines) is 1. The first-order chi connectivity index (χ1) is 14.3. The fraction of sp³-hybridized carbons (Fsp3) is 0.385. The molecule has 29 heavy (non-hydrogen) atoms. The van der Waals surface area contributed by atoms with E-state index in [1.165, 1.54) is 84.9 Å². The molecule has 3 heteroatoms. The molecule has 0 saturated carbocycles. The van der Waals surface area contributed by atoms with Crippen molar-refractivity contribution in [3.05, 3.63) is 72.1 Å². The van der Waals surface area contributed by atoms with Crippen LogP contribution in [0.25, 0.3) is 21.8 Å². The fourth-order valence-corrected chi connectivity index (χ4v) is 4.92. The van der Waals surface area contributed by atoms with Crippen molar-refractivity contribution in [1.29, 1.82) is 0 Å². The zero-order chi connectivity index (χ0) is 19.5. The summed E-state index contributed by atoms with van der Waals surface area (Å²) in [5.74, 6) is 0.604. The number of aryl methyl sites for hydroxylation is 1. The topological polar surface area (TPSA) is 34.8 Å². The Morgan fingerprint density at radius 2 is 1.48 bits per heavy atom. The Kier molecular flexibility index (Phi) is 5.40. The normalized spacial score (nSPS) is 16.1. The van der Waals surface area contributed by atoms with E-state index in [1.54, 1.807) is 0 Å². The van der Waals surface area contributed by atoms with Gasteiger partial charge < -0.3 is 14.9 Å². The van der Waals surface area contributed by atoms with Crippen LogP contribution in [-0.2, 0) is 6.42 Å². The minimum absolute atomic E-state index is 0.604. The van der Waals surface area contributed by atoms with Gasteiger partial charge in [0.05, 0.1) is 0 Å². The predicted octanol–water partition coefficient (Wildman–Crippen LogP) is 6.24. The molecular weight excluding hydrogens is 354 g/mol. The molecule has 0 spiro atoms. The van der Waals surface area contributed by atoms with Crippen molar-refractivity contribution in [2.75, 3.05) is 19.6 Å². The molecular formula is C26H31N3. The smallest absolute Gasteiger partial charge is 0.0456 e. The Morgan fingerprint density at radius 1 is 0.793 bits per heavy atom. The largest absolute Gasteiger partial charge is 0.358 e. The molecule has 4 aromatic rings. The molecule has 1 unspecified atom stereocenters. The van der Waals surface area contributed by atoms with E-state index in [0.717, 1.165) is 6.42 Å². The number of hydrogen-bond acceptors (Lipinski definition) is 1. The molecule has 3 heterocycles. The van der Waals surface area contributed by atoms with Gasteiger partial charge in [-0.15, -0.1) is 0 Å². The molecule has 5 rings (SSSR count). The maximum atomic E-state index is 3.71. The summed E-state index contributed by atoms with van der Waals surface area (Å²) in [4.78, 5) is 9.95. The molecule has 0 radical (unpaired) electrons. The van der Waals surface area contributed by atoms with E-state index in [1.807, 2.05) is 0 Å². The number of nitrogens with zero attached hydrogens (tertiary/aromatic N) is 1. The monoisotopic (exact) mass is 385 g/mol. The van der Waals surface area contributed by atoms with Crippen molar-refractivity contribution < 1.29 is 0 Å². The van der Waals surface area contributed by atoms with Crippen molar-refractivity contribution in [2.24, 2.45) is 0 Å². The van der Waals surface area contributed by atoms with Crippen LogP contribution < -0.4 is 0 Å². The summed E-state index contributed by atoms with van der Waals surface area (Å²) in [7, 11) is 0. The first-order valence-electron chi connectivity index (χ1n) is 11.2. The second-order valence-electron chi connectivity index (χ2n) is 8.62. The number of H-pyrrole nitrogens is 2. The Morgan fingerprint density at radius 3 is 2.21 bits per heavy atom. The lowest BCUT2D eigenvalue weighted by molar-refractivity contribution is 0.316. The van der Waals surface area contributed by atoms with Crippen LogP contribution in [0.2, 0.25) is 0 Å². The van der Waals surface area contributed by atoms with Crippen molar-refractivity contribution >= 4 is 21.8 Å². The van der Waals surface area contributed by atoms with Gasteiger partial charge in [0.25, 0.3) is 0 Å². The molecule has 3 nitrogen and oxygen atoms in total. The highest BCUT2D eigenvalue weighted by Gasteiger charge is 2.18. The van der Waals surface area contributed by atoms with Crippen LogP contribution in [0.5, 0.6) is 0 Å². The molecule has 0 aliphatic carbocycles. The third kappa shape index (κ3) is 4.25. The van der Waals surface area contributed by atoms with Crippen LogP contribution in [-0.4, -0.2) is 34.5 Å². The van der Waals surface area contributed by atoms with Crippen LogP contribution in [0.4, 0.5) is 0 Å². The van der Waals surface area contributed by atoms with E-state index in [-0.39, 0.29) is 0 Å². The summed E-state index contributed by atoms with van der Waals surface area (Å²) in [6.45, 7) is 3.80. The van der Waals surface area contributed by atoms with Crippen LogP contribution in [0.3, 0.4) is 0 Å². The summed E-state index contributed by atoms with van der Waals surface area (Å²) in [5.41, 5.74) is 5.30. The van der Waals surface area contributed by atoms with Crippen molar-refractivity contribution in [2.45, 2.75) is 44.4 Å². The van der Waals surface area contributed by atoms with Gasteiger partial charge in [-0.2, -0.15) is 0 Å². The summed E-state index contributed by atoms with van der Waals surface area (Å²) in [6.07, 6.45) is 7.56. The van der Waals surface area contributed by atoms with Gasteiger partial charge in [0.2, 0.25) is 0 Å². The van der Waals surface area contributed by atoms with Crippen molar-refractivity contribution in [3.8, 4) is 0 Å². The van der Waals surface area contributed by atoms with Gasteiger partial charge in [0, 0.05) is 28.3 Å². The Labute approximate surface area is 173 Å². The number of rotatable bonds is 8. The molecule has 1 aliphatic heterocycles. The lowest BCUT2D eigenvalue weighted by Crippen LogP contribution is -2.22. The van der Waals surface area contributed by atoms with Crippen LogP contribution in [0, 0.1) is 0 Å². The highest BCUT2D eigenvalue weighted by molar-refractivity contribution is 5.81. The molecule has 2 aromatic heterocycles. The maximum absolute atomic E-state index is 3.71. The highest BCUT2D eigenvalue weighted by atomic mass is 15.1. The summed E-state index contributed by atoms with van der Waals surface area (Å²) >= 11 is 0. The second kappa shape index (κ2) is 8.46. The lowest BCUT2D eigenvalue weighted by Gasteiger charge is -2.20. The standard InChI is InChI=1S/C26H31N3/c1-3-12-24-21(8-1)18-23(27-24)11-7-10-20(14-17-29-15-5-6-16-29)26-19-22-9-2-4-13-25(22)28-26/h1-4,8-9,12-13,18-20,27-28H,5-7,10-11,14-17H2. The van der Waals surface area contributed by atoms with E-state index in [9.17, 15) is 0 Å². The van der Waals surface area contributed by atoms with Crippen LogP contribution in [0.1, 0.15) is 49.4 Å². The molecule has 1 saturated heterocycles. The van der Waals surface area contributed by atoms with E-state index in [0.29, 0.717) is 5.92 Å². The third-order valence-corrected chi connectivity index (χ3v) is 6.57. The van der Waals surface area contributed by atoms with Crippen LogP contribution >= 0.6 is 0 Å². The third-order valence-electron chi connectivity index (χ3n) is 6.57. The Balaban J connectivity index is 1.27. The first-order valence-corrected chi connectivity index (χ1v) is 11.2. The number of para-hydroxylation sites is 2. The van der Waals surface area contributed by atoms with E-state index < -0.39 is 0 Å². The predicted molar refractivity (Wildman–Crippen MR) is 123 cm³/mol. The Bertz CT molecular complexity index is 1000. The average Bonchev–Trinajstić information content (AvgIpc) is 3.49. The van der Waals surface area contributed by atoms with Gasteiger partial charge in [-0.25, -0.2) is 0 Å². The molecule has 150 valence electrons. The Hall–Kier alpha value is -2.52. The SMILES string of the molecule is c1ccc2[nH]c(CCCC(CCN3CCCC3)c3cc4ccccc4[nH]3)cc2c1. The van der Waals surface area contributed by atoms with Crippen LogP contribution in [0.15, 0.2) is 60.7 Å². The first kappa shape index (κ1) is 18.5. The van der Waals surface area contributed by atoms with E-state index in [2.05, 4.69) is 75.5 Å². The minimum Gasteiger partial charge on any atom is -0.358 e. The second-order valence-corrected chi connectivity index (χ2v) is 8.62. The summed E-state index contributed by atoms with van der Waals surface area (Å²) in [6, 6.07) is 22.0. The number of aromatic nitrogens is 2. The van der Waals surface area contributed by atoms with Gasteiger partial charge in [-0.05, 0) is 93.2 Å². The van der Waals surface area contributed by atoms with Gasteiger partial charge in [-0.1, -0.05) is 36.4 Å². The zero-order valence-electron chi connectivity index (χ0n) is 17.2. The molecule has 1 atom stereocenters. The molecule has 0 bridgehead atoms. The van der Waals surface area contributed by atoms with E-state index >= 15 is 0 Å². The lowest BCUT2D eigenvalue weighted by atomic mass is 9.94. The summed E-state index contributed by atoms with van der Waals surface area (Å²) in [5, 5.41) is 2.66. The molecule has 1 fully saturated rings. The van der Waals surface area contributed by atoms with Gasteiger partial charge >= 0.3 is 0 Å². The van der Waals surface area contributed by atoms with Gasteiger partial charge in [0.1, 0.15) is 0 Å². The maximum Gasteiger partial charge on any atom is 0.0456 e. The van der Waals surface area contributed by atoms with Crippen molar-refractivity contribution in [3.63, 3.8) is 0 Å². The van der Waals surface area contributed by atoms with Crippen molar-refractivity contribution in [1.82, 2.24) is 14.9 Å².